The van der Waals surface area contributed by atoms with Crippen LogP contribution >= 0.6 is 0 Å². The van der Waals surface area contributed by atoms with Crippen molar-refractivity contribution in [2.24, 2.45) is 5.92 Å². The third kappa shape index (κ3) is 5.65. The number of halogens is 2. The Morgan fingerprint density at radius 1 is 1.19 bits per heavy atom. The summed E-state index contributed by atoms with van der Waals surface area (Å²) in [5.41, 5.74) is -0.799. The average Bonchev–Trinajstić information content (AvgIpc) is 2.55. The molecular weight excluding hydrogens is 346 g/mol. The highest BCUT2D eigenvalue weighted by atomic mass is 19.1. The predicted molar refractivity (Wildman–Crippen MR) is 91.4 cm³/mol. The minimum absolute atomic E-state index is 0.130. The van der Waals surface area contributed by atoms with E-state index in [2.05, 4.69) is 17.2 Å². The first-order valence-corrected chi connectivity index (χ1v) is 8.08. The zero-order valence-corrected chi connectivity index (χ0v) is 14.6. The van der Waals surface area contributed by atoms with E-state index in [9.17, 15) is 23.2 Å². The lowest BCUT2D eigenvalue weighted by atomic mass is 10.0. The standard InChI is InChI=1S/C18H22F2N2O4/c1-4-5-9-13(18(25)26)21-17(24)15(10(2)3)22-16(23)14-11(19)7-6-8-12(14)20/h4,6-8,10,13,15H,1,5,9H2,2-3H3,(H,21,24)(H,22,23)(H,25,26). The van der Waals surface area contributed by atoms with Gasteiger partial charge in [-0.15, -0.1) is 6.58 Å². The molecule has 1 rings (SSSR count). The summed E-state index contributed by atoms with van der Waals surface area (Å²) in [5, 5.41) is 13.8. The molecule has 3 N–H and O–H groups in total. The van der Waals surface area contributed by atoms with Crippen LogP contribution in [0, 0.1) is 17.6 Å². The van der Waals surface area contributed by atoms with Gasteiger partial charge in [0, 0.05) is 0 Å². The van der Waals surface area contributed by atoms with Crippen molar-refractivity contribution in [1.82, 2.24) is 10.6 Å². The lowest BCUT2D eigenvalue weighted by molar-refractivity contribution is -0.142. The minimum atomic E-state index is -1.23. The maximum Gasteiger partial charge on any atom is 0.326 e. The van der Waals surface area contributed by atoms with E-state index in [1.54, 1.807) is 13.8 Å². The Kier molecular flexibility index (Phi) is 7.89. The zero-order chi connectivity index (χ0) is 19.9. The van der Waals surface area contributed by atoms with Gasteiger partial charge in [-0.3, -0.25) is 9.59 Å². The molecule has 0 radical (unpaired) electrons. The molecule has 0 spiro atoms. The van der Waals surface area contributed by atoms with E-state index in [-0.39, 0.29) is 6.42 Å². The van der Waals surface area contributed by atoms with Gasteiger partial charge >= 0.3 is 5.97 Å². The molecule has 1 aromatic carbocycles. The molecule has 0 aliphatic rings. The Morgan fingerprint density at radius 2 is 1.77 bits per heavy atom. The molecule has 142 valence electrons. The highest BCUT2D eigenvalue weighted by Gasteiger charge is 2.30. The highest BCUT2D eigenvalue weighted by Crippen LogP contribution is 2.13. The second-order valence-electron chi connectivity index (χ2n) is 6.06. The van der Waals surface area contributed by atoms with Gasteiger partial charge in [0.05, 0.1) is 0 Å². The number of carboxylic acids is 1. The topological polar surface area (TPSA) is 95.5 Å². The van der Waals surface area contributed by atoms with Gasteiger partial charge in [-0.1, -0.05) is 26.0 Å². The second kappa shape index (κ2) is 9.65. The summed E-state index contributed by atoms with van der Waals surface area (Å²) in [6, 6.07) is 0.651. The van der Waals surface area contributed by atoms with Gasteiger partial charge in [0.25, 0.3) is 5.91 Å². The predicted octanol–water partition coefficient (Wildman–Crippen LogP) is 2.25. The number of hydrogen-bond donors (Lipinski definition) is 3. The molecule has 0 saturated heterocycles. The molecule has 0 aliphatic heterocycles. The number of benzene rings is 1. The molecule has 26 heavy (non-hydrogen) atoms. The summed E-state index contributed by atoms with van der Waals surface area (Å²) in [6.45, 7) is 6.72. The van der Waals surface area contributed by atoms with E-state index >= 15 is 0 Å². The molecule has 2 unspecified atom stereocenters. The van der Waals surface area contributed by atoms with Gasteiger partial charge in [0.1, 0.15) is 29.3 Å². The van der Waals surface area contributed by atoms with Crippen LogP contribution in [0.25, 0.3) is 0 Å². The molecule has 2 atom stereocenters. The van der Waals surface area contributed by atoms with Crippen molar-refractivity contribution in [3.05, 3.63) is 48.1 Å². The van der Waals surface area contributed by atoms with Crippen LogP contribution in [0.2, 0.25) is 0 Å². The fourth-order valence-corrected chi connectivity index (χ4v) is 2.27. The molecule has 0 bridgehead atoms. The minimum Gasteiger partial charge on any atom is -0.480 e. The van der Waals surface area contributed by atoms with E-state index in [1.165, 1.54) is 6.08 Å². The number of carbonyl (C=O) groups excluding carboxylic acids is 2. The monoisotopic (exact) mass is 368 g/mol. The normalized spacial score (nSPS) is 13.0. The Balaban J connectivity index is 2.94. The quantitative estimate of drug-likeness (QED) is 0.583. The molecule has 0 heterocycles. The Bertz CT molecular complexity index is 672. The van der Waals surface area contributed by atoms with Crippen LogP contribution in [-0.2, 0) is 9.59 Å². The molecule has 0 aromatic heterocycles. The van der Waals surface area contributed by atoms with Gasteiger partial charge in [-0.05, 0) is 30.9 Å². The van der Waals surface area contributed by atoms with Crippen LogP contribution in [0.5, 0.6) is 0 Å². The molecule has 6 nitrogen and oxygen atoms in total. The summed E-state index contributed by atoms with van der Waals surface area (Å²) < 4.78 is 27.4. The van der Waals surface area contributed by atoms with Crippen LogP contribution < -0.4 is 10.6 Å². The number of rotatable bonds is 9. The first-order chi connectivity index (χ1) is 12.2. The third-order valence-corrected chi connectivity index (χ3v) is 3.70. The van der Waals surface area contributed by atoms with Crippen molar-refractivity contribution in [3.63, 3.8) is 0 Å². The summed E-state index contributed by atoms with van der Waals surface area (Å²) in [6.07, 6.45) is 2.02. The lowest BCUT2D eigenvalue weighted by Gasteiger charge is -2.24. The molecular formula is C18H22F2N2O4. The number of amides is 2. The van der Waals surface area contributed by atoms with Crippen molar-refractivity contribution < 1.29 is 28.3 Å². The van der Waals surface area contributed by atoms with Gasteiger partial charge in [-0.25, -0.2) is 13.6 Å². The summed E-state index contributed by atoms with van der Waals surface area (Å²) in [7, 11) is 0. The van der Waals surface area contributed by atoms with Crippen LogP contribution in [0.4, 0.5) is 8.78 Å². The van der Waals surface area contributed by atoms with E-state index in [4.69, 9.17) is 5.11 Å². The van der Waals surface area contributed by atoms with Crippen molar-refractivity contribution >= 4 is 17.8 Å². The first-order valence-electron chi connectivity index (χ1n) is 8.08. The average molecular weight is 368 g/mol. The number of nitrogens with one attached hydrogen (secondary N) is 2. The molecule has 0 fully saturated rings. The lowest BCUT2D eigenvalue weighted by Crippen LogP contribution is -2.53. The van der Waals surface area contributed by atoms with Gasteiger partial charge in [0.15, 0.2) is 0 Å². The van der Waals surface area contributed by atoms with Crippen LogP contribution in [-0.4, -0.2) is 35.0 Å². The maximum absolute atomic E-state index is 13.7. The summed E-state index contributed by atoms with van der Waals surface area (Å²) in [4.78, 5) is 35.8. The van der Waals surface area contributed by atoms with Crippen LogP contribution in [0.15, 0.2) is 30.9 Å². The van der Waals surface area contributed by atoms with Gasteiger partial charge < -0.3 is 15.7 Å². The van der Waals surface area contributed by atoms with Crippen molar-refractivity contribution in [2.45, 2.75) is 38.8 Å². The van der Waals surface area contributed by atoms with Gasteiger partial charge in [-0.2, -0.15) is 0 Å². The van der Waals surface area contributed by atoms with E-state index < -0.39 is 53.0 Å². The second-order valence-corrected chi connectivity index (χ2v) is 6.06. The summed E-state index contributed by atoms with van der Waals surface area (Å²) in [5.74, 6) is -5.62. The fraction of sp³-hybridized carbons (Fsp3) is 0.389. The third-order valence-electron chi connectivity index (χ3n) is 3.70. The number of hydrogen-bond acceptors (Lipinski definition) is 3. The SMILES string of the molecule is C=CCCC(NC(=O)C(NC(=O)c1c(F)cccc1F)C(C)C)C(=O)O. The van der Waals surface area contributed by atoms with E-state index in [0.717, 1.165) is 18.2 Å². The highest BCUT2D eigenvalue weighted by molar-refractivity contribution is 5.98. The first kappa shape index (κ1) is 21.3. The molecule has 2 amide bonds. The Labute approximate surface area is 150 Å². The van der Waals surface area contributed by atoms with Crippen LogP contribution in [0.3, 0.4) is 0 Å². The van der Waals surface area contributed by atoms with Crippen molar-refractivity contribution in [2.75, 3.05) is 0 Å². The smallest absolute Gasteiger partial charge is 0.326 e. The zero-order valence-electron chi connectivity index (χ0n) is 14.6. The largest absolute Gasteiger partial charge is 0.480 e. The molecule has 0 aliphatic carbocycles. The molecule has 1 aromatic rings. The van der Waals surface area contributed by atoms with E-state index in [1.807, 2.05) is 0 Å². The molecule has 8 heteroatoms. The molecule has 0 saturated carbocycles. The van der Waals surface area contributed by atoms with Crippen molar-refractivity contribution in [1.29, 1.82) is 0 Å². The number of allylic oxidation sites excluding steroid dienone is 1. The van der Waals surface area contributed by atoms with Gasteiger partial charge in [0.2, 0.25) is 5.91 Å². The Morgan fingerprint density at radius 3 is 2.23 bits per heavy atom. The Hall–Kier alpha value is -2.77. The maximum atomic E-state index is 13.7. The van der Waals surface area contributed by atoms with Crippen LogP contribution in [0.1, 0.15) is 37.0 Å². The number of carbonyl (C=O) groups is 3. The summed E-state index contributed by atoms with van der Waals surface area (Å²) >= 11 is 0. The van der Waals surface area contributed by atoms with Crippen molar-refractivity contribution in [3.8, 4) is 0 Å². The number of carboxylic acid groups (broad SMARTS) is 1. The van der Waals surface area contributed by atoms with E-state index in [0.29, 0.717) is 6.42 Å². The number of aliphatic carboxylic acids is 1. The fourth-order valence-electron chi connectivity index (χ4n) is 2.27.